The van der Waals surface area contributed by atoms with Gasteiger partial charge in [0.1, 0.15) is 0 Å². The maximum atomic E-state index is 3.51. The molecule has 0 aromatic heterocycles. The van der Waals surface area contributed by atoms with Gasteiger partial charge in [-0.3, -0.25) is 0 Å². The molecular formula is C16H26N2. The van der Waals surface area contributed by atoms with Crippen LogP contribution >= 0.6 is 0 Å². The monoisotopic (exact) mass is 246 g/mol. The second kappa shape index (κ2) is 6.24. The Morgan fingerprint density at radius 2 is 2.17 bits per heavy atom. The molecule has 0 unspecified atom stereocenters. The molecule has 1 N–H and O–H groups in total. The van der Waals surface area contributed by atoms with Crippen LogP contribution in [0.2, 0.25) is 0 Å². The first kappa shape index (κ1) is 13.4. The molecule has 2 heteroatoms. The zero-order chi connectivity index (χ0) is 13.0. The summed E-state index contributed by atoms with van der Waals surface area (Å²) in [6.45, 7) is 7.98. The standard InChI is InChI=1S/C16H26N2/c1-13(2)9-11-18(3)12-14-6-4-8-16-15(14)7-5-10-17-16/h4,6,8,13,17H,5,7,9-12H2,1-3H3. The molecular weight excluding hydrogens is 220 g/mol. The zero-order valence-electron chi connectivity index (χ0n) is 12.0. The van der Waals surface area contributed by atoms with Gasteiger partial charge >= 0.3 is 0 Å². The largest absolute Gasteiger partial charge is 0.385 e. The molecule has 2 nitrogen and oxygen atoms in total. The summed E-state index contributed by atoms with van der Waals surface area (Å²) in [6, 6.07) is 6.69. The number of hydrogen-bond acceptors (Lipinski definition) is 2. The smallest absolute Gasteiger partial charge is 0.0375 e. The third-order valence-electron chi connectivity index (χ3n) is 3.72. The van der Waals surface area contributed by atoms with Crippen LogP contribution in [0.5, 0.6) is 0 Å². The minimum absolute atomic E-state index is 0.791. The van der Waals surface area contributed by atoms with Crippen molar-refractivity contribution >= 4 is 5.69 Å². The maximum Gasteiger partial charge on any atom is 0.0375 e. The molecule has 0 atom stereocenters. The first-order chi connectivity index (χ1) is 8.66. The second-order valence-electron chi connectivity index (χ2n) is 5.89. The number of anilines is 1. The summed E-state index contributed by atoms with van der Waals surface area (Å²) >= 11 is 0. The molecule has 18 heavy (non-hydrogen) atoms. The van der Waals surface area contributed by atoms with Crippen molar-refractivity contribution in [2.24, 2.45) is 5.92 Å². The van der Waals surface area contributed by atoms with Gasteiger partial charge in [-0.05, 0) is 56.0 Å². The van der Waals surface area contributed by atoms with Gasteiger partial charge in [-0.15, -0.1) is 0 Å². The Labute approximate surface area is 111 Å². The fourth-order valence-electron chi connectivity index (χ4n) is 2.58. The average molecular weight is 246 g/mol. The molecule has 0 amide bonds. The fraction of sp³-hybridized carbons (Fsp3) is 0.625. The molecule has 0 aliphatic carbocycles. The topological polar surface area (TPSA) is 15.3 Å². The average Bonchev–Trinajstić information content (AvgIpc) is 2.37. The Balaban J connectivity index is 2.00. The van der Waals surface area contributed by atoms with Gasteiger partial charge in [0.15, 0.2) is 0 Å². The highest BCUT2D eigenvalue weighted by atomic mass is 15.1. The Kier molecular flexibility index (Phi) is 4.65. The predicted molar refractivity (Wildman–Crippen MR) is 79.0 cm³/mol. The van der Waals surface area contributed by atoms with Crippen molar-refractivity contribution < 1.29 is 0 Å². The predicted octanol–water partition coefficient (Wildman–Crippen LogP) is 3.52. The molecule has 0 fully saturated rings. The summed E-state index contributed by atoms with van der Waals surface area (Å²) < 4.78 is 0. The van der Waals surface area contributed by atoms with Crippen LogP contribution in [-0.4, -0.2) is 25.0 Å². The van der Waals surface area contributed by atoms with Crippen molar-refractivity contribution in [3.05, 3.63) is 29.3 Å². The van der Waals surface area contributed by atoms with Gasteiger partial charge in [0, 0.05) is 18.8 Å². The third kappa shape index (κ3) is 3.49. The second-order valence-corrected chi connectivity index (χ2v) is 5.89. The van der Waals surface area contributed by atoms with E-state index in [2.05, 4.69) is 49.3 Å². The quantitative estimate of drug-likeness (QED) is 0.855. The Bertz CT molecular complexity index is 385. The molecule has 2 rings (SSSR count). The molecule has 1 aromatic rings. The van der Waals surface area contributed by atoms with Gasteiger partial charge in [0.25, 0.3) is 0 Å². The van der Waals surface area contributed by atoms with Crippen LogP contribution in [0.15, 0.2) is 18.2 Å². The van der Waals surface area contributed by atoms with Crippen LogP contribution in [0.25, 0.3) is 0 Å². The van der Waals surface area contributed by atoms with E-state index in [1.165, 1.54) is 37.1 Å². The Morgan fingerprint density at radius 1 is 1.33 bits per heavy atom. The summed E-state index contributed by atoms with van der Waals surface area (Å²) in [5.41, 5.74) is 4.40. The number of benzene rings is 1. The molecule has 0 radical (unpaired) electrons. The third-order valence-corrected chi connectivity index (χ3v) is 3.72. The number of rotatable bonds is 5. The first-order valence-electron chi connectivity index (χ1n) is 7.20. The fourth-order valence-corrected chi connectivity index (χ4v) is 2.58. The highest BCUT2D eigenvalue weighted by Gasteiger charge is 2.13. The van der Waals surface area contributed by atoms with Crippen molar-refractivity contribution in [2.45, 2.75) is 39.7 Å². The van der Waals surface area contributed by atoms with E-state index >= 15 is 0 Å². The van der Waals surface area contributed by atoms with Crippen LogP contribution in [0.1, 0.15) is 37.8 Å². The molecule has 0 saturated heterocycles. The number of hydrogen-bond donors (Lipinski definition) is 1. The van der Waals surface area contributed by atoms with Crippen LogP contribution in [0.4, 0.5) is 5.69 Å². The lowest BCUT2D eigenvalue weighted by molar-refractivity contribution is 0.302. The van der Waals surface area contributed by atoms with E-state index < -0.39 is 0 Å². The van der Waals surface area contributed by atoms with Gasteiger partial charge in [-0.1, -0.05) is 26.0 Å². The minimum Gasteiger partial charge on any atom is -0.385 e. The van der Waals surface area contributed by atoms with Crippen molar-refractivity contribution in [1.29, 1.82) is 0 Å². The van der Waals surface area contributed by atoms with Crippen LogP contribution < -0.4 is 5.32 Å². The Hall–Kier alpha value is -1.02. The van der Waals surface area contributed by atoms with E-state index in [-0.39, 0.29) is 0 Å². The van der Waals surface area contributed by atoms with E-state index in [0.29, 0.717) is 0 Å². The minimum atomic E-state index is 0.791. The van der Waals surface area contributed by atoms with Crippen molar-refractivity contribution in [3.63, 3.8) is 0 Å². The molecule has 1 aliphatic rings. The maximum absolute atomic E-state index is 3.51. The molecule has 0 saturated carbocycles. The number of fused-ring (bicyclic) bond motifs is 1. The van der Waals surface area contributed by atoms with Gasteiger partial charge in [-0.25, -0.2) is 0 Å². The summed E-state index contributed by atoms with van der Waals surface area (Å²) in [5, 5.41) is 3.51. The van der Waals surface area contributed by atoms with E-state index in [0.717, 1.165) is 19.0 Å². The van der Waals surface area contributed by atoms with Gasteiger partial charge in [0.05, 0.1) is 0 Å². The molecule has 0 bridgehead atoms. The first-order valence-corrected chi connectivity index (χ1v) is 7.20. The summed E-state index contributed by atoms with van der Waals surface area (Å²) in [4.78, 5) is 2.45. The highest BCUT2D eigenvalue weighted by Crippen LogP contribution is 2.26. The number of nitrogens with zero attached hydrogens (tertiary/aromatic N) is 1. The molecule has 100 valence electrons. The Morgan fingerprint density at radius 3 is 2.94 bits per heavy atom. The summed E-state index contributed by atoms with van der Waals surface area (Å²) in [6.07, 6.45) is 3.78. The molecule has 0 spiro atoms. The van der Waals surface area contributed by atoms with Crippen LogP contribution in [0, 0.1) is 5.92 Å². The van der Waals surface area contributed by atoms with Crippen LogP contribution in [0.3, 0.4) is 0 Å². The van der Waals surface area contributed by atoms with E-state index in [4.69, 9.17) is 0 Å². The zero-order valence-corrected chi connectivity index (χ0v) is 12.0. The van der Waals surface area contributed by atoms with Gasteiger partial charge in [0.2, 0.25) is 0 Å². The highest BCUT2D eigenvalue weighted by molar-refractivity contribution is 5.56. The van der Waals surface area contributed by atoms with Gasteiger partial charge < -0.3 is 10.2 Å². The molecule has 1 aromatic carbocycles. The van der Waals surface area contributed by atoms with Crippen molar-refractivity contribution in [1.82, 2.24) is 4.90 Å². The van der Waals surface area contributed by atoms with Crippen LogP contribution in [-0.2, 0) is 13.0 Å². The lowest BCUT2D eigenvalue weighted by Crippen LogP contribution is -2.22. The lowest BCUT2D eigenvalue weighted by Gasteiger charge is -2.24. The molecule has 1 heterocycles. The van der Waals surface area contributed by atoms with Gasteiger partial charge in [-0.2, -0.15) is 0 Å². The number of nitrogens with one attached hydrogen (secondary N) is 1. The summed E-state index contributed by atoms with van der Waals surface area (Å²) in [5.74, 6) is 0.791. The van der Waals surface area contributed by atoms with Crippen molar-refractivity contribution in [3.8, 4) is 0 Å². The van der Waals surface area contributed by atoms with Crippen molar-refractivity contribution in [2.75, 3.05) is 25.5 Å². The lowest BCUT2D eigenvalue weighted by atomic mass is 9.97. The molecule has 1 aliphatic heterocycles. The summed E-state index contributed by atoms with van der Waals surface area (Å²) in [7, 11) is 2.23. The SMILES string of the molecule is CC(C)CCN(C)Cc1cccc2c1CCCN2. The van der Waals surface area contributed by atoms with E-state index in [1.807, 2.05) is 0 Å². The normalized spacial score (nSPS) is 14.7. The van der Waals surface area contributed by atoms with E-state index in [9.17, 15) is 0 Å². The van der Waals surface area contributed by atoms with E-state index in [1.54, 1.807) is 5.56 Å².